The van der Waals surface area contributed by atoms with Gasteiger partial charge in [0.05, 0.1) is 18.4 Å². The standard InChI is InChI=1S/C19H24N2O4S/c1-3-24-19(23)17-14-7-6-12(2)9-15(14)26-18(17)21-16(22)11-20-10-13-5-4-8-25-13/h4-5,8,12,20H,3,6-7,9-11H2,1-2H3,(H,21,22)/p+1/t12-/m0/s1. The molecule has 1 amide bonds. The van der Waals surface area contributed by atoms with Gasteiger partial charge < -0.3 is 19.8 Å². The summed E-state index contributed by atoms with van der Waals surface area (Å²) in [6.07, 6.45) is 4.49. The van der Waals surface area contributed by atoms with Crippen LogP contribution in [0.25, 0.3) is 0 Å². The number of carbonyl (C=O) groups is 2. The number of anilines is 1. The van der Waals surface area contributed by atoms with Crippen molar-refractivity contribution in [2.24, 2.45) is 5.92 Å². The van der Waals surface area contributed by atoms with Crippen LogP contribution in [0, 0.1) is 5.92 Å². The van der Waals surface area contributed by atoms with Crippen LogP contribution in [0.2, 0.25) is 0 Å². The van der Waals surface area contributed by atoms with Crippen LogP contribution in [0.5, 0.6) is 0 Å². The van der Waals surface area contributed by atoms with E-state index >= 15 is 0 Å². The van der Waals surface area contributed by atoms with Gasteiger partial charge in [0.25, 0.3) is 5.91 Å². The van der Waals surface area contributed by atoms with Gasteiger partial charge >= 0.3 is 5.97 Å². The number of quaternary nitrogens is 1. The number of hydrogen-bond acceptors (Lipinski definition) is 5. The Bertz CT molecular complexity index is 767. The van der Waals surface area contributed by atoms with E-state index in [2.05, 4.69) is 12.2 Å². The summed E-state index contributed by atoms with van der Waals surface area (Å²) < 4.78 is 10.5. The Morgan fingerprint density at radius 3 is 3.04 bits per heavy atom. The minimum absolute atomic E-state index is 0.131. The lowest BCUT2D eigenvalue weighted by Crippen LogP contribution is -2.84. The number of nitrogens with two attached hydrogens (primary N) is 1. The van der Waals surface area contributed by atoms with Gasteiger partial charge in [0.1, 0.15) is 11.5 Å². The molecule has 3 N–H and O–H groups in total. The monoisotopic (exact) mass is 377 g/mol. The molecule has 0 aliphatic heterocycles. The molecule has 0 saturated carbocycles. The van der Waals surface area contributed by atoms with Gasteiger partial charge in [0.15, 0.2) is 12.3 Å². The van der Waals surface area contributed by atoms with Gasteiger partial charge in [-0.1, -0.05) is 6.92 Å². The summed E-state index contributed by atoms with van der Waals surface area (Å²) >= 11 is 1.51. The number of furan rings is 1. The molecule has 0 radical (unpaired) electrons. The van der Waals surface area contributed by atoms with E-state index < -0.39 is 0 Å². The van der Waals surface area contributed by atoms with E-state index in [-0.39, 0.29) is 18.4 Å². The minimum atomic E-state index is -0.339. The fraction of sp³-hybridized carbons (Fsp3) is 0.474. The molecule has 2 aromatic heterocycles. The van der Waals surface area contributed by atoms with Crippen molar-refractivity contribution in [3.63, 3.8) is 0 Å². The summed E-state index contributed by atoms with van der Waals surface area (Å²) in [5.41, 5.74) is 1.61. The molecule has 2 aromatic rings. The molecule has 6 nitrogen and oxygen atoms in total. The van der Waals surface area contributed by atoms with Crippen molar-refractivity contribution in [3.05, 3.63) is 40.2 Å². The molecular weight excluding hydrogens is 352 g/mol. The number of amides is 1. The fourth-order valence-corrected chi connectivity index (χ4v) is 4.62. The van der Waals surface area contributed by atoms with E-state index in [0.717, 1.165) is 30.6 Å². The van der Waals surface area contributed by atoms with Gasteiger partial charge in [-0.3, -0.25) is 4.79 Å². The highest BCUT2D eigenvalue weighted by Crippen LogP contribution is 2.40. The Morgan fingerprint density at radius 1 is 1.46 bits per heavy atom. The predicted molar refractivity (Wildman–Crippen MR) is 99.3 cm³/mol. The highest BCUT2D eigenvalue weighted by molar-refractivity contribution is 7.17. The molecule has 0 saturated heterocycles. The van der Waals surface area contributed by atoms with Crippen LogP contribution >= 0.6 is 11.3 Å². The largest absolute Gasteiger partial charge is 0.463 e. The molecule has 0 aromatic carbocycles. The van der Waals surface area contributed by atoms with Crippen LogP contribution < -0.4 is 10.6 Å². The smallest absolute Gasteiger partial charge is 0.341 e. The zero-order valence-electron chi connectivity index (χ0n) is 15.2. The van der Waals surface area contributed by atoms with Gasteiger partial charge in [0, 0.05) is 4.88 Å². The third-order valence-corrected chi connectivity index (χ3v) is 5.67. The van der Waals surface area contributed by atoms with Crippen molar-refractivity contribution in [2.45, 2.75) is 39.7 Å². The molecule has 0 unspecified atom stereocenters. The summed E-state index contributed by atoms with van der Waals surface area (Å²) in [6.45, 7) is 5.20. The van der Waals surface area contributed by atoms with Crippen molar-refractivity contribution in [3.8, 4) is 0 Å². The van der Waals surface area contributed by atoms with Gasteiger partial charge in [-0.2, -0.15) is 0 Å². The Morgan fingerprint density at radius 2 is 2.31 bits per heavy atom. The molecule has 3 rings (SSSR count). The summed E-state index contributed by atoms with van der Waals surface area (Å²) in [5, 5.41) is 5.41. The van der Waals surface area contributed by atoms with E-state index in [9.17, 15) is 9.59 Å². The Kier molecular flexibility index (Phi) is 6.11. The average Bonchev–Trinajstić information content (AvgIpc) is 3.22. The fourth-order valence-electron chi connectivity index (χ4n) is 3.21. The molecule has 26 heavy (non-hydrogen) atoms. The highest BCUT2D eigenvalue weighted by atomic mass is 32.1. The maximum atomic E-state index is 12.4. The topological polar surface area (TPSA) is 85.1 Å². The van der Waals surface area contributed by atoms with Gasteiger partial charge in [-0.15, -0.1) is 11.3 Å². The first-order valence-electron chi connectivity index (χ1n) is 9.04. The van der Waals surface area contributed by atoms with E-state index in [0.29, 0.717) is 29.6 Å². The van der Waals surface area contributed by atoms with Crippen molar-refractivity contribution in [1.29, 1.82) is 0 Å². The quantitative estimate of drug-likeness (QED) is 0.726. The first-order valence-corrected chi connectivity index (χ1v) is 9.85. The van der Waals surface area contributed by atoms with Gasteiger partial charge in [0.2, 0.25) is 0 Å². The van der Waals surface area contributed by atoms with Gasteiger partial charge in [-0.05, 0) is 49.8 Å². The lowest BCUT2D eigenvalue weighted by atomic mass is 9.88. The predicted octanol–water partition coefficient (Wildman–Crippen LogP) is 2.34. The molecular formula is C19H25N2O4S+. The lowest BCUT2D eigenvalue weighted by Gasteiger charge is -2.18. The van der Waals surface area contributed by atoms with Crippen molar-refractivity contribution < 1.29 is 24.1 Å². The molecule has 0 bridgehead atoms. The zero-order valence-corrected chi connectivity index (χ0v) is 16.0. The Hall–Kier alpha value is -2.12. The summed E-state index contributed by atoms with van der Waals surface area (Å²) in [6, 6.07) is 3.70. The number of esters is 1. The normalized spacial score (nSPS) is 16.2. The van der Waals surface area contributed by atoms with Crippen LogP contribution in [0.1, 0.15) is 46.8 Å². The van der Waals surface area contributed by atoms with Crippen LogP contribution in [0.15, 0.2) is 22.8 Å². The lowest BCUT2D eigenvalue weighted by molar-refractivity contribution is -0.661. The number of ether oxygens (including phenoxy) is 1. The molecule has 0 fully saturated rings. The van der Waals surface area contributed by atoms with E-state index in [1.165, 1.54) is 16.2 Å². The van der Waals surface area contributed by atoms with Crippen LogP contribution in [0.4, 0.5) is 5.00 Å². The summed E-state index contributed by atoms with van der Waals surface area (Å²) in [4.78, 5) is 26.0. The number of fused-ring (bicyclic) bond motifs is 1. The average molecular weight is 377 g/mol. The minimum Gasteiger partial charge on any atom is -0.463 e. The molecule has 1 aliphatic rings. The number of carbonyl (C=O) groups excluding carboxylic acids is 2. The number of rotatable bonds is 7. The Labute approximate surface area is 156 Å². The van der Waals surface area contributed by atoms with Crippen molar-refractivity contribution in [1.82, 2.24) is 0 Å². The molecule has 1 aliphatic carbocycles. The van der Waals surface area contributed by atoms with Crippen LogP contribution in [-0.2, 0) is 28.9 Å². The first-order chi connectivity index (χ1) is 12.6. The summed E-state index contributed by atoms with van der Waals surface area (Å²) in [7, 11) is 0. The first kappa shape index (κ1) is 18.7. The Balaban J connectivity index is 1.69. The number of thiophene rings is 1. The highest BCUT2D eigenvalue weighted by Gasteiger charge is 2.29. The maximum absolute atomic E-state index is 12.4. The van der Waals surface area contributed by atoms with Crippen LogP contribution in [0.3, 0.4) is 0 Å². The van der Waals surface area contributed by atoms with E-state index in [1.807, 2.05) is 17.4 Å². The zero-order chi connectivity index (χ0) is 18.5. The van der Waals surface area contributed by atoms with E-state index in [4.69, 9.17) is 9.15 Å². The molecule has 0 spiro atoms. The molecule has 140 valence electrons. The summed E-state index contributed by atoms with van der Waals surface area (Å²) in [5.74, 6) is 0.954. The molecule has 7 heteroatoms. The third kappa shape index (κ3) is 4.34. The SMILES string of the molecule is CCOC(=O)c1c(NC(=O)C[NH2+]Cc2ccco2)sc2c1CC[C@H](C)C2. The third-order valence-electron chi connectivity index (χ3n) is 4.50. The number of hydrogen-bond donors (Lipinski definition) is 2. The second-order valence-electron chi connectivity index (χ2n) is 6.60. The van der Waals surface area contributed by atoms with Gasteiger partial charge in [-0.25, -0.2) is 4.79 Å². The number of nitrogens with one attached hydrogen (secondary N) is 1. The second-order valence-corrected chi connectivity index (χ2v) is 7.71. The molecule has 1 atom stereocenters. The maximum Gasteiger partial charge on any atom is 0.341 e. The van der Waals surface area contributed by atoms with Crippen LogP contribution in [-0.4, -0.2) is 25.0 Å². The van der Waals surface area contributed by atoms with Crippen molar-refractivity contribution in [2.75, 3.05) is 18.5 Å². The molecule has 2 heterocycles. The van der Waals surface area contributed by atoms with E-state index in [1.54, 1.807) is 13.2 Å². The van der Waals surface area contributed by atoms with Crippen molar-refractivity contribution >= 4 is 28.2 Å². The second kappa shape index (κ2) is 8.51.